The second-order valence-electron chi connectivity index (χ2n) is 1.94. The van der Waals surface area contributed by atoms with Crippen molar-refractivity contribution in [2.24, 2.45) is 0 Å². The van der Waals surface area contributed by atoms with Gasteiger partial charge in [-0.2, -0.15) is 0 Å². The van der Waals surface area contributed by atoms with Crippen molar-refractivity contribution in [3.8, 4) is 0 Å². The molecule has 0 fully saturated rings. The standard InChI is InChI=1S/C6H10O8S/c1-3-11-5(7)13-15(9,10)14-6(8)12-4-2/h3-4H2,1-2H3. The van der Waals surface area contributed by atoms with Gasteiger partial charge in [-0.15, -0.1) is 8.42 Å². The molecular formula is C6H10O8S. The van der Waals surface area contributed by atoms with Crippen LogP contribution in [0.3, 0.4) is 0 Å². The first kappa shape index (κ1) is 13.5. The Balaban J connectivity index is 4.19. The molecule has 0 radical (unpaired) electrons. The van der Waals surface area contributed by atoms with Crippen LogP contribution in [0.5, 0.6) is 0 Å². The van der Waals surface area contributed by atoms with Crippen LogP contribution < -0.4 is 0 Å². The van der Waals surface area contributed by atoms with Gasteiger partial charge in [-0.05, 0) is 13.8 Å². The minimum Gasteiger partial charge on any atom is -0.434 e. The molecule has 8 nitrogen and oxygen atoms in total. The highest BCUT2D eigenvalue weighted by atomic mass is 32.3. The second kappa shape index (κ2) is 6.06. The quantitative estimate of drug-likeness (QED) is 0.659. The molecule has 0 aliphatic rings. The number of hydrogen-bond donors (Lipinski definition) is 0. The molecule has 0 rings (SSSR count). The first-order chi connectivity index (χ1) is 6.91. The topological polar surface area (TPSA) is 105 Å². The summed E-state index contributed by atoms with van der Waals surface area (Å²) in [4.78, 5) is 21.1. The highest BCUT2D eigenvalue weighted by molar-refractivity contribution is 7.82. The predicted molar refractivity (Wildman–Crippen MR) is 45.1 cm³/mol. The van der Waals surface area contributed by atoms with Crippen molar-refractivity contribution in [2.75, 3.05) is 13.2 Å². The van der Waals surface area contributed by atoms with E-state index in [1.807, 2.05) is 0 Å². The molecule has 0 aromatic heterocycles. The van der Waals surface area contributed by atoms with Crippen LogP contribution in [0.15, 0.2) is 0 Å². The Morgan fingerprint density at radius 1 is 0.933 bits per heavy atom. The average Bonchev–Trinajstić information content (AvgIpc) is 2.01. The zero-order valence-electron chi connectivity index (χ0n) is 8.09. The summed E-state index contributed by atoms with van der Waals surface area (Å²) in [6.07, 6.45) is -2.97. The van der Waals surface area contributed by atoms with Crippen molar-refractivity contribution in [3.05, 3.63) is 0 Å². The molecule has 0 unspecified atom stereocenters. The van der Waals surface area contributed by atoms with Crippen LogP contribution in [0.25, 0.3) is 0 Å². The molecule has 88 valence electrons. The Morgan fingerprint density at radius 2 is 1.27 bits per heavy atom. The lowest BCUT2D eigenvalue weighted by Crippen LogP contribution is -2.20. The summed E-state index contributed by atoms with van der Waals surface area (Å²) in [5, 5.41) is 0. The maximum absolute atomic E-state index is 10.8. The molecule has 0 atom stereocenters. The lowest BCUT2D eigenvalue weighted by molar-refractivity contribution is 0.0851. The van der Waals surface area contributed by atoms with Crippen LogP contribution in [0, 0.1) is 0 Å². The summed E-state index contributed by atoms with van der Waals surface area (Å²) in [5.74, 6) is 0. The third-order valence-electron chi connectivity index (χ3n) is 0.865. The van der Waals surface area contributed by atoms with Gasteiger partial charge in [0.25, 0.3) is 0 Å². The minimum absolute atomic E-state index is 0.0756. The maximum atomic E-state index is 10.8. The fraction of sp³-hybridized carbons (Fsp3) is 0.667. The van der Waals surface area contributed by atoms with Gasteiger partial charge >= 0.3 is 22.7 Å². The highest BCUT2D eigenvalue weighted by Crippen LogP contribution is 2.01. The van der Waals surface area contributed by atoms with E-state index in [9.17, 15) is 18.0 Å². The van der Waals surface area contributed by atoms with E-state index in [1.165, 1.54) is 13.8 Å². The molecule has 0 bridgehead atoms. The van der Waals surface area contributed by atoms with E-state index < -0.39 is 22.7 Å². The second-order valence-corrected chi connectivity index (χ2v) is 3.09. The van der Waals surface area contributed by atoms with Crippen LogP contribution in [-0.2, 0) is 28.2 Å². The van der Waals surface area contributed by atoms with Crippen LogP contribution in [-0.4, -0.2) is 33.9 Å². The summed E-state index contributed by atoms with van der Waals surface area (Å²) in [7, 11) is -4.77. The molecule has 0 saturated heterocycles. The molecule has 0 aromatic carbocycles. The Labute approximate surface area is 86.4 Å². The van der Waals surface area contributed by atoms with Gasteiger partial charge in [-0.25, -0.2) is 9.59 Å². The average molecular weight is 242 g/mol. The summed E-state index contributed by atoms with van der Waals surface area (Å²) in [6.45, 7) is 2.74. The number of carbonyl (C=O) groups is 2. The van der Waals surface area contributed by atoms with E-state index >= 15 is 0 Å². The summed E-state index contributed by atoms with van der Waals surface area (Å²) in [6, 6.07) is 0. The molecule has 0 aromatic rings. The lowest BCUT2D eigenvalue weighted by Gasteiger charge is -2.04. The number of ether oxygens (including phenoxy) is 2. The monoisotopic (exact) mass is 242 g/mol. The molecule has 0 amide bonds. The van der Waals surface area contributed by atoms with Crippen molar-refractivity contribution in [3.63, 3.8) is 0 Å². The van der Waals surface area contributed by atoms with Gasteiger partial charge in [0.05, 0.1) is 13.2 Å². The Hall–Kier alpha value is -1.51. The Bertz CT molecular complexity index is 292. The first-order valence-corrected chi connectivity index (χ1v) is 5.22. The minimum atomic E-state index is -4.77. The van der Waals surface area contributed by atoms with Crippen LogP contribution in [0.2, 0.25) is 0 Å². The van der Waals surface area contributed by atoms with E-state index in [-0.39, 0.29) is 13.2 Å². The SMILES string of the molecule is CCOC(=O)OS(=O)(=O)OC(=O)OCC. The van der Waals surface area contributed by atoms with E-state index in [0.29, 0.717) is 0 Å². The number of carbonyl (C=O) groups excluding carboxylic acids is 2. The zero-order valence-corrected chi connectivity index (χ0v) is 8.90. The molecule has 15 heavy (non-hydrogen) atoms. The third-order valence-corrected chi connectivity index (χ3v) is 1.54. The van der Waals surface area contributed by atoms with E-state index in [2.05, 4.69) is 17.8 Å². The van der Waals surface area contributed by atoms with Crippen LogP contribution >= 0.6 is 0 Å². The van der Waals surface area contributed by atoms with Gasteiger partial charge in [-0.1, -0.05) is 0 Å². The fourth-order valence-corrected chi connectivity index (χ4v) is 0.931. The molecule has 0 aliphatic heterocycles. The highest BCUT2D eigenvalue weighted by Gasteiger charge is 2.24. The molecular weight excluding hydrogens is 232 g/mol. The third kappa shape index (κ3) is 6.55. The van der Waals surface area contributed by atoms with Crippen LogP contribution in [0.1, 0.15) is 13.8 Å². The van der Waals surface area contributed by atoms with Gasteiger partial charge in [0.1, 0.15) is 0 Å². The summed E-state index contributed by atoms with van der Waals surface area (Å²) < 4.78 is 37.2. The Kier molecular flexibility index (Phi) is 5.45. The molecule has 0 N–H and O–H groups in total. The van der Waals surface area contributed by atoms with Crippen molar-refractivity contribution in [2.45, 2.75) is 13.8 Å². The van der Waals surface area contributed by atoms with Crippen molar-refractivity contribution in [1.29, 1.82) is 0 Å². The maximum Gasteiger partial charge on any atom is 0.526 e. The van der Waals surface area contributed by atoms with Crippen LogP contribution in [0.4, 0.5) is 9.59 Å². The van der Waals surface area contributed by atoms with E-state index in [0.717, 1.165) is 0 Å². The fourth-order valence-electron chi connectivity index (χ4n) is 0.467. The Morgan fingerprint density at radius 3 is 1.53 bits per heavy atom. The van der Waals surface area contributed by atoms with Crippen molar-refractivity contribution < 1.29 is 35.8 Å². The van der Waals surface area contributed by atoms with Gasteiger partial charge in [0, 0.05) is 0 Å². The number of rotatable bonds is 4. The van der Waals surface area contributed by atoms with Gasteiger partial charge in [0.2, 0.25) is 0 Å². The molecule has 0 heterocycles. The largest absolute Gasteiger partial charge is 0.526 e. The number of hydrogen-bond acceptors (Lipinski definition) is 8. The van der Waals surface area contributed by atoms with E-state index in [1.54, 1.807) is 0 Å². The lowest BCUT2D eigenvalue weighted by atomic mass is 10.9. The summed E-state index contributed by atoms with van der Waals surface area (Å²) >= 11 is 0. The molecule has 0 spiro atoms. The summed E-state index contributed by atoms with van der Waals surface area (Å²) in [5.41, 5.74) is 0. The van der Waals surface area contributed by atoms with Crippen molar-refractivity contribution >= 4 is 22.7 Å². The molecule has 0 saturated carbocycles. The van der Waals surface area contributed by atoms with E-state index in [4.69, 9.17) is 0 Å². The normalized spacial score (nSPS) is 10.3. The smallest absolute Gasteiger partial charge is 0.434 e. The van der Waals surface area contributed by atoms with Gasteiger partial charge in [0.15, 0.2) is 0 Å². The predicted octanol–water partition coefficient (Wildman–Crippen LogP) is 0.577. The zero-order chi connectivity index (χ0) is 11.9. The molecule has 9 heteroatoms. The van der Waals surface area contributed by atoms with Gasteiger partial charge in [-0.3, -0.25) is 8.37 Å². The first-order valence-electron chi connectivity index (χ1n) is 3.88. The molecule has 0 aliphatic carbocycles. The van der Waals surface area contributed by atoms with Crippen molar-refractivity contribution in [1.82, 2.24) is 0 Å². The van der Waals surface area contributed by atoms with Gasteiger partial charge < -0.3 is 9.47 Å².